The summed E-state index contributed by atoms with van der Waals surface area (Å²) in [6.45, 7) is 2.30. The van der Waals surface area contributed by atoms with Gasteiger partial charge in [0, 0.05) is 42.6 Å². The van der Waals surface area contributed by atoms with Crippen LogP contribution < -0.4 is 5.32 Å². The third kappa shape index (κ3) is 4.24. The van der Waals surface area contributed by atoms with Crippen LogP contribution in [0, 0.1) is 12.8 Å². The first-order valence-corrected chi connectivity index (χ1v) is 11.5. The zero-order valence-corrected chi connectivity index (χ0v) is 17.4. The van der Waals surface area contributed by atoms with Crippen molar-refractivity contribution in [2.24, 2.45) is 5.92 Å². The first-order chi connectivity index (χ1) is 13.9. The van der Waals surface area contributed by atoms with Gasteiger partial charge < -0.3 is 9.84 Å². The fraction of sp³-hybridized carbons (Fsp3) is 0.316. The molecule has 4 rings (SSSR count). The first kappa shape index (κ1) is 19.7. The third-order valence-electron chi connectivity index (χ3n) is 4.82. The number of carbonyl (C=O) groups is 1. The van der Waals surface area contributed by atoms with Gasteiger partial charge in [-0.2, -0.15) is 9.29 Å². The average molecular weight is 433 g/mol. The van der Waals surface area contributed by atoms with E-state index < -0.39 is 10.0 Å². The van der Waals surface area contributed by atoms with Crippen LogP contribution in [0.4, 0.5) is 5.69 Å². The van der Waals surface area contributed by atoms with Gasteiger partial charge >= 0.3 is 0 Å². The van der Waals surface area contributed by atoms with E-state index in [1.807, 2.05) is 30.3 Å². The fourth-order valence-corrected chi connectivity index (χ4v) is 6.02. The highest BCUT2D eigenvalue weighted by Gasteiger charge is 2.33. The number of para-hydroxylation sites is 1. The van der Waals surface area contributed by atoms with Crippen molar-refractivity contribution in [1.82, 2.24) is 14.4 Å². The molecular weight excluding hydrogens is 412 g/mol. The van der Waals surface area contributed by atoms with Gasteiger partial charge in [0.05, 0.1) is 0 Å². The minimum absolute atomic E-state index is 0.0702. The van der Waals surface area contributed by atoms with E-state index >= 15 is 0 Å². The Bertz CT molecular complexity index is 1100. The van der Waals surface area contributed by atoms with Crippen molar-refractivity contribution >= 4 is 33.0 Å². The minimum Gasteiger partial charge on any atom is -0.339 e. The zero-order valence-electron chi connectivity index (χ0n) is 15.7. The molecule has 0 bridgehead atoms. The summed E-state index contributed by atoms with van der Waals surface area (Å²) < 4.78 is 32.6. The predicted molar refractivity (Wildman–Crippen MR) is 109 cm³/mol. The number of nitrogens with zero attached hydrogens (tertiary/aromatic N) is 3. The van der Waals surface area contributed by atoms with E-state index in [0.29, 0.717) is 43.2 Å². The number of rotatable bonds is 5. The molecule has 0 saturated carbocycles. The highest BCUT2D eigenvalue weighted by molar-refractivity contribution is 7.91. The molecule has 0 radical (unpaired) electrons. The van der Waals surface area contributed by atoms with Crippen LogP contribution in [0.15, 0.2) is 50.5 Å². The maximum Gasteiger partial charge on any atom is 0.252 e. The van der Waals surface area contributed by atoms with E-state index in [2.05, 4.69) is 15.5 Å². The summed E-state index contributed by atoms with van der Waals surface area (Å²) in [5, 5.41) is 8.42. The number of piperidine rings is 1. The normalized spacial score (nSPS) is 16.0. The van der Waals surface area contributed by atoms with E-state index in [1.165, 1.54) is 4.31 Å². The number of aryl methyl sites for hydroxylation is 1. The lowest BCUT2D eigenvalue weighted by Crippen LogP contribution is -2.41. The van der Waals surface area contributed by atoms with Crippen molar-refractivity contribution in [2.45, 2.75) is 24.0 Å². The summed E-state index contributed by atoms with van der Waals surface area (Å²) in [6.07, 6.45) is 0.973. The number of carbonyl (C=O) groups excluding carboxylic acids is 1. The molecule has 8 nitrogen and oxygen atoms in total. The fourth-order valence-electron chi connectivity index (χ4n) is 3.24. The van der Waals surface area contributed by atoms with Gasteiger partial charge in [0.1, 0.15) is 4.21 Å². The number of benzene rings is 1. The average Bonchev–Trinajstić information content (AvgIpc) is 3.38. The van der Waals surface area contributed by atoms with Gasteiger partial charge in [-0.25, -0.2) is 8.42 Å². The highest BCUT2D eigenvalue weighted by Crippen LogP contribution is 2.31. The summed E-state index contributed by atoms with van der Waals surface area (Å²) in [6, 6.07) is 10.8. The van der Waals surface area contributed by atoms with Gasteiger partial charge in [-0.15, -0.1) is 11.3 Å². The lowest BCUT2D eigenvalue weighted by molar-refractivity contribution is -0.120. The lowest BCUT2D eigenvalue weighted by Gasteiger charge is -2.30. The van der Waals surface area contributed by atoms with Crippen LogP contribution in [0.2, 0.25) is 0 Å². The van der Waals surface area contributed by atoms with E-state index in [9.17, 15) is 13.2 Å². The molecular formula is C19H20N4O4S2. The highest BCUT2D eigenvalue weighted by atomic mass is 32.2. The van der Waals surface area contributed by atoms with Crippen LogP contribution in [0.25, 0.3) is 11.4 Å². The maximum atomic E-state index is 13.0. The van der Waals surface area contributed by atoms with E-state index in [4.69, 9.17) is 4.52 Å². The molecule has 1 amide bonds. The number of anilines is 1. The number of hydrogen-bond donors (Lipinski definition) is 1. The van der Waals surface area contributed by atoms with Crippen molar-refractivity contribution in [1.29, 1.82) is 0 Å². The molecule has 1 aliphatic heterocycles. The molecule has 29 heavy (non-hydrogen) atoms. The molecule has 1 N–H and O–H groups in total. The lowest BCUT2D eigenvalue weighted by atomic mass is 9.97. The Kier molecular flexibility index (Phi) is 5.48. The van der Waals surface area contributed by atoms with Crippen LogP contribution in [-0.4, -0.2) is 41.9 Å². The van der Waals surface area contributed by atoms with E-state index in [-0.39, 0.29) is 16.0 Å². The molecule has 0 spiro atoms. The Morgan fingerprint density at radius 2 is 1.97 bits per heavy atom. The molecule has 3 aromatic rings. The number of nitrogens with one attached hydrogen (secondary N) is 1. The summed E-state index contributed by atoms with van der Waals surface area (Å²) in [7, 11) is -3.62. The molecule has 1 aromatic carbocycles. The van der Waals surface area contributed by atoms with Gasteiger partial charge in [0.25, 0.3) is 10.0 Å². The first-order valence-electron chi connectivity index (χ1n) is 9.19. The predicted octanol–water partition coefficient (Wildman–Crippen LogP) is 3.15. The van der Waals surface area contributed by atoms with Crippen molar-refractivity contribution in [3.8, 4) is 11.4 Å². The molecule has 1 fully saturated rings. The number of amides is 1. The van der Waals surface area contributed by atoms with Crippen molar-refractivity contribution in [3.05, 3.63) is 47.7 Å². The second-order valence-electron chi connectivity index (χ2n) is 6.83. The van der Waals surface area contributed by atoms with E-state index in [1.54, 1.807) is 18.4 Å². The van der Waals surface area contributed by atoms with Crippen LogP contribution in [0.3, 0.4) is 0 Å². The molecule has 3 heterocycles. The Balaban J connectivity index is 1.40. The Labute approximate surface area is 172 Å². The summed E-state index contributed by atoms with van der Waals surface area (Å²) in [5.41, 5.74) is 1.36. The SMILES string of the molecule is Cc1nc(-c2csc(S(=O)(=O)N3CCC(C(=O)Nc4ccccc4)CC3)c2)no1. The molecule has 152 valence electrons. The van der Waals surface area contributed by atoms with E-state index in [0.717, 1.165) is 17.0 Å². The molecule has 10 heteroatoms. The van der Waals surface area contributed by atoms with Crippen molar-refractivity contribution in [2.75, 3.05) is 18.4 Å². The van der Waals surface area contributed by atoms with Gasteiger partial charge in [-0.1, -0.05) is 23.4 Å². The molecule has 2 aromatic heterocycles. The van der Waals surface area contributed by atoms with Crippen molar-refractivity contribution < 1.29 is 17.7 Å². The minimum atomic E-state index is -3.62. The summed E-state index contributed by atoms with van der Waals surface area (Å²) >= 11 is 1.13. The van der Waals surface area contributed by atoms with Crippen LogP contribution >= 0.6 is 11.3 Å². The number of sulfonamides is 1. The topological polar surface area (TPSA) is 105 Å². The smallest absolute Gasteiger partial charge is 0.252 e. The monoisotopic (exact) mass is 432 g/mol. The molecule has 1 saturated heterocycles. The molecule has 0 unspecified atom stereocenters. The molecule has 1 aliphatic rings. The quantitative estimate of drug-likeness (QED) is 0.664. The second kappa shape index (κ2) is 8.05. The van der Waals surface area contributed by atoms with Gasteiger partial charge in [0.15, 0.2) is 0 Å². The van der Waals surface area contributed by atoms with Crippen molar-refractivity contribution in [3.63, 3.8) is 0 Å². The van der Waals surface area contributed by atoms with Gasteiger partial charge in [-0.3, -0.25) is 4.79 Å². The third-order valence-corrected chi connectivity index (χ3v) is 8.14. The van der Waals surface area contributed by atoms with Crippen LogP contribution in [0.5, 0.6) is 0 Å². The van der Waals surface area contributed by atoms with Gasteiger partial charge in [-0.05, 0) is 31.0 Å². The molecule has 0 atom stereocenters. The zero-order chi connectivity index (χ0) is 20.4. The second-order valence-corrected chi connectivity index (χ2v) is 9.90. The number of thiophene rings is 1. The van der Waals surface area contributed by atoms with Crippen LogP contribution in [0.1, 0.15) is 18.7 Å². The number of hydrogen-bond acceptors (Lipinski definition) is 7. The Hall–Kier alpha value is -2.56. The summed E-state index contributed by atoms with van der Waals surface area (Å²) in [5.74, 6) is 0.518. The Morgan fingerprint density at radius 3 is 2.62 bits per heavy atom. The maximum absolute atomic E-state index is 13.0. The molecule has 0 aliphatic carbocycles. The standard InChI is InChI=1S/C19H20N4O4S2/c1-13-20-18(22-27-13)15-11-17(28-12-15)29(25,26)23-9-7-14(8-10-23)19(24)21-16-5-3-2-4-6-16/h2-6,11-12,14H,7-10H2,1H3,(H,21,24). The van der Waals surface area contributed by atoms with Crippen LogP contribution in [-0.2, 0) is 14.8 Å². The Morgan fingerprint density at radius 1 is 1.24 bits per heavy atom. The number of aromatic nitrogens is 2. The largest absolute Gasteiger partial charge is 0.339 e. The summed E-state index contributed by atoms with van der Waals surface area (Å²) in [4.78, 5) is 16.6. The van der Waals surface area contributed by atoms with Gasteiger partial charge in [0.2, 0.25) is 17.6 Å².